The molecule has 0 amide bonds. The first-order valence-corrected chi connectivity index (χ1v) is 11.0. The first-order chi connectivity index (χ1) is 16.2. The molecule has 5 rings (SSSR count). The van der Waals surface area contributed by atoms with Crippen molar-refractivity contribution in [1.29, 1.82) is 0 Å². The van der Waals surface area contributed by atoms with Crippen molar-refractivity contribution in [3.63, 3.8) is 0 Å². The predicted molar refractivity (Wildman–Crippen MR) is 133 cm³/mol. The minimum absolute atomic E-state index is 0.542. The molecule has 33 heavy (non-hydrogen) atoms. The van der Waals surface area contributed by atoms with Crippen LogP contribution in [0, 0.1) is 0 Å². The Balaban J connectivity index is 1.64. The Hall–Kier alpha value is -4.03. The predicted octanol–water partition coefficient (Wildman–Crippen LogP) is 6.27. The summed E-state index contributed by atoms with van der Waals surface area (Å²) in [5.74, 6) is 0.542. The van der Waals surface area contributed by atoms with E-state index in [0.29, 0.717) is 5.82 Å². The first kappa shape index (κ1) is 20.8. The van der Waals surface area contributed by atoms with E-state index in [9.17, 15) is 0 Å². The van der Waals surface area contributed by atoms with Gasteiger partial charge >= 0.3 is 0 Å². The maximum Gasteiger partial charge on any atom is 0.197 e. The van der Waals surface area contributed by atoms with Crippen LogP contribution in [0.3, 0.4) is 0 Å². The van der Waals surface area contributed by atoms with Crippen molar-refractivity contribution in [2.45, 2.75) is 13.3 Å². The van der Waals surface area contributed by atoms with Gasteiger partial charge in [0, 0.05) is 10.4 Å². The third-order valence-electron chi connectivity index (χ3n) is 5.57. The van der Waals surface area contributed by atoms with Gasteiger partial charge in [-0.25, -0.2) is 0 Å². The summed E-state index contributed by atoms with van der Waals surface area (Å²) in [5, 5.41) is 23.0. The summed E-state index contributed by atoms with van der Waals surface area (Å²) >= 11 is 6.63. The number of hydrogen-bond donors (Lipinski definition) is 2. The van der Waals surface area contributed by atoms with Crippen LogP contribution in [0.5, 0.6) is 0 Å². The van der Waals surface area contributed by atoms with Gasteiger partial charge in [0.05, 0.1) is 11.7 Å². The number of allylic oxidation sites excluding steroid dienone is 1. The van der Waals surface area contributed by atoms with Gasteiger partial charge in [0.1, 0.15) is 0 Å². The topological polar surface area (TPSA) is 83.1 Å². The summed E-state index contributed by atoms with van der Waals surface area (Å²) in [6, 6.07) is 22.8. The summed E-state index contributed by atoms with van der Waals surface area (Å²) < 4.78 is 0. The number of benzene rings is 3. The molecule has 0 aliphatic heterocycles. The summed E-state index contributed by atoms with van der Waals surface area (Å²) in [7, 11) is 0. The second-order valence-corrected chi connectivity index (χ2v) is 7.99. The Kier molecular flexibility index (Phi) is 5.83. The fourth-order valence-electron chi connectivity index (χ4n) is 3.99. The zero-order valence-electron chi connectivity index (χ0n) is 18.0. The van der Waals surface area contributed by atoms with Gasteiger partial charge in [-0.05, 0) is 69.3 Å². The van der Waals surface area contributed by atoms with Gasteiger partial charge in [-0.1, -0.05) is 73.1 Å². The summed E-state index contributed by atoms with van der Waals surface area (Å²) in [5.41, 5.74) is 7.69. The molecule has 3 aromatic carbocycles. The Morgan fingerprint density at radius 1 is 0.970 bits per heavy atom. The highest BCUT2D eigenvalue weighted by atomic mass is 35.5. The Morgan fingerprint density at radius 2 is 1.79 bits per heavy atom. The van der Waals surface area contributed by atoms with Crippen LogP contribution in [0.25, 0.3) is 34.2 Å². The van der Waals surface area contributed by atoms with Crippen LogP contribution in [0.2, 0.25) is 5.02 Å². The molecule has 162 valence electrons. The molecular weight excluding hydrogens is 432 g/mol. The Bertz CT molecular complexity index is 1450. The maximum atomic E-state index is 6.63. The van der Waals surface area contributed by atoms with Crippen LogP contribution in [-0.2, 0) is 0 Å². The van der Waals surface area contributed by atoms with E-state index >= 15 is 0 Å². The molecule has 0 saturated heterocycles. The van der Waals surface area contributed by atoms with Crippen molar-refractivity contribution in [2.24, 2.45) is 0 Å². The lowest BCUT2D eigenvalue weighted by molar-refractivity contribution is 0.881. The first-order valence-electron chi connectivity index (χ1n) is 10.7. The van der Waals surface area contributed by atoms with E-state index < -0.39 is 0 Å². The van der Waals surface area contributed by atoms with E-state index in [1.54, 1.807) is 0 Å². The van der Waals surface area contributed by atoms with Crippen LogP contribution in [0.15, 0.2) is 72.9 Å². The number of hydrogen-bond acceptors (Lipinski definition) is 4. The van der Waals surface area contributed by atoms with Gasteiger partial charge in [0.25, 0.3) is 0 Å². The quantitative estimate of drug-likeness (QED) is 0.297. The highest BCUT2D eigenvalue weighted by Gasteiger charge is 2.15. The number of nitrogens with zero attached hydrogens (tertiary/aromatic N) is 4. The van der Waals surface area contributed by atoms with E-state index in [0.717, 1.165) is 50.2 Å². The lowest BCUT2D eigenvalue weighted by atomic mass is 9.87. The largest absolute Gasteiger partial charge is 0.278 e. The summed E-state index contributed by atoms with van der Waals surface area (Å²) in [6.45, 7) is 2.16. The fourth-order valence-corrected chi connectivity index (χ4v) is 4.24. The van der Waals surface area contributed by atoms with Gasteiger partial charge in [-0.3, -0.25) is 5.10 Å². The van der Waals surface area contributed by atoms with Crippen molar-refractivity contribution in [1.82, 2.24) is 30.8 Å². The van der Waals surface area contributed by atoms with E-state index in [-0.39, 0.29) is 0 Å². The number of tetrazole rings is 1. The SMILES string of the molecule is CCC(=C(c1ccc(C=Cc2nn[nH]n2)cc1)c1ccc2[nH]ncc2c1)c1ccccc1Cl. The molecule has 0 radical (unpaired) electrons. The van der Waals surface area contributed by atoms with Crippen LogP contribution >= 0.6 is 11.6 Å². The van der Waals surface area contributed by atoms with E-state index in [2.05, 4.69) is 86.3 Å². The number of nitrogens with one attached hydrogen (secondary N) is 2. The summed E-state index contributed by atoms with van der Waals surface area (Å²) in [6.07, 6.45) is 6.47. The molecule has 0 saturated carbocycles. The van der Waals surface area contributed by atoms with Crippen molar-refractivity contribution in [3.8, 4) is 0 Å². The second-order valence-electron chi connectivity index (χ2n) is 7.58. The third-order valence-corrected chi connectivity index (χ3v) is 5.90. The molecule has 0 fully saturated rings. The van der Waals surface area contributed by atoms with Gasteiger partial charge in [0.2, 0.25) is 0 Å². The fraction of sp³-hybridized carbons (Fsp3) is 0.0769. The highest BCUT2D eigenvalue weighted by Crippen LogP contribution is 2.37. The van der Waals surface area contributed by atoms with Gasteiger partial charge in [0.15, 0.2) is 5.82 Å². The molecule has 2 heterocycles. The minimum Gasteiger partial charge on any atom is -0.278 e. The van der Waals surface area contributed by atoms with E-state index in [1.165, 1.54) is 5.57 Å². The van der Waals surface area contributed by atoms with E-state index in [1.807, 2.05) is 36.5 Å². The smallest absolute Gasteiger partial charge is 0.197 e. The Morgan fingerprint density at radius 3 is 2.55 bits per heavy atom. The zero-order valence-corrected chi connectivity index (χ0v) is 18.7. The molecular formula is C26H21ClN6. The molecule has 6 nitrogen and oxygen atoms in total. The average Bonchev–Trinajstić information content (AvgIpc) is 3.54. The van der Waals surface area contributed by atoms with Crippen molar-refractivity contribution in [3.05, 3.63) is 106 Å². The van der Waals surface area contributed by atoms with Crippen LogP contribution in [0.4, 0.5) is 0 Å². The monoisotopic (exact) mass is 452 g/mol. The average molecular weight is 453 g/mol. The zero-order chi connectivity index (χ0) is 22.6. The molecule has 0 unspecified atom stereocenters. The van der Waals surface area contributed by atoms with Crippen LogP contribution < -0.4 is 0 Å². The third kappa shape index (κ3) is 4.33. The van der Waals surface area contributed by atoms with Crippen molar-refractivity contribution in [2.75, 3.05) is 0 Å². The van der Waals surface area contributed by atoms with Crippen molar-refractivity contribution >= 4 is 45.8 Å². The van der Waals surface area contributed by atoms with Gasteiger partial charge < -0.3 is 0 Å². The lowest BCUT2D eigenvalue weighted by Crippen LogP contribution is -1.96. The van der Waals surface area contributed by atoms with Crippen molar-refractivity contribution < 1.29 is 0 Å². The second kappa shape index (κ2) is 9.22. The number of aromatic amines is 2. The molecule has 0 bridgehead atoms. The number of H-pyrrole nitrogens is 2. The normalized spacial score (nSPS) is 12.4. The molecule has 0 spiro atoms. The van der Waals surface area contributed by atoms with Gasteiger partial charge in [-0.2, -0.15) is 10.3 Å². The number of rotatable bonds is 6. The highest BCUT2D eigenvalue weighted by molar-refractivity contribution is 6.32. The van der Waals surface area contributed by atoms with Crippen LogP contribution in [0.1, 0.15) is 41.4 Å². The van der Waals surface area contributed by atoms with Crippen LogP contribution in [-0.4, -0.2) is 30.8 Å². The molecule has 5 aromatic rings. The molecule has 7 heteroatoms. The molecule has 0 atom stereocenters. The standard InChI is InChI=1S/C26H21ClN6/c1-2-21(22-5-3-4-6-23(22)27)26(19-12-13-24-20(15-19)16-28-29-24)18-10-7-17(8-11-18)9-14-25-30-32-33-31-25/h3-16H,2H2,1H3,(H,28,29)(H,30,31,32,33). The molecule has 0 aliphatic carbocycles. The molecule has 2 aromatic heterocycles. The van der Waals surface area contributed by atoms with Gasteiger partial charge in [-0.15, -0.1) is 10.2 Å². The Labute approximate surface area is 196 Å². The van der Waals surface area contributed by atoms with E-state index in [4.69, 9.17) is 11.6 Å². The lowest BCUT2D eigenvalue weighted by Gasteiger charge is -2.17. The molecule has 2 N–H and O–H groups in total. The number of aromatic nitrogens is 6. The molecule has 0 aliphatic rings. The maximum absolute atomic E-state index is 6.63. The number of fused-ring (bicyclic) bond motifs is 1. The number of halogens is 1. The minimum atomic E-state index is 0.542. The summed E-state index contributed by atoms with van der Waals surface area (Å²) in [4.78, 5) is 0.